The van der Waals surface area contributed by atoms with Gasteiger partial charge in [0, 0.05) is 12.8 Å². The molecule has 2 heteroatoms. The van der Waals surface area contributed by atoms with Crippen molar-refractivity contribution < 1.29 is 4.42 Å². The van der Waals surface area contributed by atoms with Gasteiger partial charge in [-0.05, 0) is 0 Å². The molecule has 0 saturated heterocycles. The zero-order chi connectivity index (χ0) is 7.56. The van der Waals surface area contributed by atoms with Crippen LogP contribution in [0.3, 0.4) is 0 Å². The second kappa shape index (κ2) is 2.69. The number of rotatable bonds is 2. The van der Waals surface area contributed by atoms with Crippen LogP contribution in [0.1, 0.15) is 24.5 Å². The molecule has 0 fully saturated rings. The Balaban J connectivity index is 2.84. The minimum atomic E-state index is 0.265. The van der Waals surface area contributed by atoms with Gasteiger partial charge in [0.05, 0.1) is 6.20 Å². The highest BCUT2D eigenvalue weighted by Crippen LogP contribution is 2.15. The van der Waals surface area contributed by atoms with Crippen molar-refractivity contribution in [2.45, 2.75) is 19.8 Å². The number of aryl methyl sites for hydroxylation is 1. The van der Waals surface area contributed by atoms with Crippen molar-refractivity contribution in [3.8, 4) is 0 Å². The number of oxazole rings is 1. The molecule has 0 saturated carbocycles. The van der Waals surface area contributed by atoms with E-state index < -0.39 is 0 Å². The Morgan fingerprint density at radius 2 is 2.50 bits per heavy atom. The highest BCUT2D eigenvalue weighted by Gasteiger charge is 2.04. The first-order valence-corrected chi connectivity index (χ1v) is 3.29. The zero-order valence-corrected chi connectivity index (χ0v) is 6.29. The summed E-state index contributed by atoms with van der Waals surface area (Å²) in [7, 11) is 0. The van der Waals surface area contributed by atoms with Crippen LogP contribution in [0.15, 0.2) is 23.3 Å². The summed E-state index contributed by atoms with van der Waals surface area (Å²) in [5.41, 5.74) is 0. The second-order valence-corrected chi connectivity index (χ2v) is 2.31. The monoisotopic (exact) mass is 137 g/mol. The Morgan fingerprint density at radius 1 is 1.80 bits per heavy atom. The van der Waals surface area contributed by atoms with Gasteiger partial charge in [-0.25, -0.2) is 4.98 Å². The lowest BCUT2D eigenvalue weighted by molar-refractivity contribution is 0.467. The van der Waals surface area contributed by atoms with Crippen molar-refractivity contribution in [1.82, 2.24) is 4.98 Å². The van der Waals surface area contributed by atoms with Crippen molar-refractivity contribution in [3.63, 3.8) is 0 Å². The van der Waals surface area contributed by atoms with Crippen molar-refractivity contribution in [2.24, 2.45) is 0 Å². The van der Waals surface area contributed by atoms with Gasteiger partial charge in [0.25, 0.3) is 0 Å². The van der Waals surface area contributed by atoms with E-state index in [1.807, 2.05) is 19.9 Å². The predicted molar refractivity (Wildman–Crippen MR) is 39.9 cm³/mol. The van der Waals surface area contributed by atoms with Crippen LogP contribution in [0.4, 0.5) is 0 Å². The number of hydrogen-bond donors (Lipinski definition) is 0. The fraction of sp³-hybridized carbons (Fsp3) is 0.375. The first-order valence-electron chi connectivity index (χ1n) is 3.29. The average Bonchev–Trinajstić information content (AvgIpc) is 2.34. The van der Waals surface area contributed by atoms with Crippen LogP contribution in [0, 0.1) is 6.92 Å². The Bertz CT molecular complexity index is 227. The van der Waals surface area contributed by atoms with E-state index in [0.717, 1.165) is 5.76 Å². The van der Waals surface area contributed by atoms with Gasteiger partial charge in [0.15, 0.2) is 5.89 Å². The van der Waals surface area contributed by atoms with Crippen molar-refractivity contribution in [3.05, 3.63) is 30.5 Å². The Labute approximate surface area is 60.6 Å². The largest absolute Gasteiger partial charge is 0.445 e. The van der Waals surface area contributed by atoms with Crippen molar-refractivity contribution >= 4 is 0 Å². The fourth-order valence-corrected chi connectivity index (χ4v) is 0.704. The van der Waals surface area contributed by atoms with Crippen LogP contribution in [-0.2, 0) is 0 Å². The molecule has 54 valence electrons. The molecule has 2 nitrogen and oxygen atoms in total. The smallest absolute Gasteiger partial charge is 0.191 e. The molecular weight excluding hydrogens is 126 g/mol. The predicted octanol–water partition coefficient (Wildman–Crippen LogP) is 2.27. The van der Waals surface area contributed by atoms with Crippen LogP contribution in [-0.4, -0.2) is 4.98 Å². The van der Waals surface area contributed by atoms with Gasteiger partial charge >= 0.3 is 0 Å². The number of aromatic nitrogens is 1. The lowest BCUT2D eigenvalue weighted by Gasteiger charge is -1.96. The summed E-state index contributed by atoms with van der Waals surface area (Å²) in [6, 6.07) is 0. The third-order valence-electron chi connectivity index (χ3n) is 1.44. The molecule has 1 unspecified atom stereocenters. The Morgan fingerprint density at radius 3 is 2.90 bits per heavy atom. The molecule has 0 aliphatic carbocycles. The zero-order valence-electron chi connectivity index (χ0n) is 6.29. The van der Waals surface area contributed by atoms with Crippen LogP contribution in [0.5, 0.6) is 0 Å². The minimum Gasteiger partial charge on any atom is -0.445 e. The first kappa shape index (κ1) is 7.06. The molecule has 1 rings (SSSR count). The summed E-state index contributed by atoms with van der Waals surface area (Å²) in [5, 5.41) is 0. The molecule has 0 bridgehead atoms. The lowest BCUT2D eigenvalue weighted by atomic mass is 10.1. The summed E-state index contributed by atoms with van der Waals surface area (Å²) in [6.07, 6.45) is 3.57. The standard InChI is InChI=1S/C8H11NO/c1-4-6(2)8-5-9-7(3)10-8/h4-6H,1H2,2-3H3. The van der Waals surface area contributed by atoms with E-state index in [-0.39, 0.29) is 5.92 Å². The summed E-state index contributed by atoms with van der Waals surface area (Å²) in [5.74, 6) is 1.86. The van der Waals surface area contributed by atoms with E-state index in [9.17, 15) is 0 Å². The van der Waals surface area contributed by atoms with Gasteiger partial charge in [-0.1, -0.05) is 13.0 Å². The molecule has 0 N–H and O–H groups in total. The number of nitrogens with zero attached hydrogens (tertiary/aromatic N) is 1. The topological polar surface area (TPSA) is 26.0 Å². The van der Waals surface area contributed by atoms with Gasteiger partial charge in [-0.3, -0.25) is 0 Å². The quantitative estimate of drug-likeness (QED) is 0.584. The van der Waals surface area contributed by atoms with Crippen LogP contribution in [0.2, 0.25) is 0 Å². The SMILES string of the molecule is C=CC(C)c1cnc(C)o1. The normalized spacial score (nSPS) is 13.0. The Hall–Kier alpha value is -1.05. The molecule has 0 aliphatic rings. The fourth-order valence-electron chi connectivity index (χ4n) is 0.704. The summed E-state index contributed by atoms with van der Waals surface area (Å²) in [4.78, 5) is 3.97. The maximum absolute atomic E-state index is 5.25. The molecule has 1 heterocycles. The molecule has 1 aromatic heterocycles. The third-order valence-corrected chi connectivity index (χ3v) is 1.44. The molecule has 1 aromatic rings. The molecule has 0 radical (unpaired) electrons. The molecular formula is C8H11NO. The van der Waals surface area contributed by atoms with E-state index in [2.05, 4.69) is 11.6 Å². The van der Waals surface area contributed by atoms with E-state index >= 15 is 0 Å². The summed E-state index contributed by atoms with van der Waals surface area (Å²) >= 11 is 0. The van der Waals surface area contributed by atoms with Gasteiger partial charge < -0.3 is 4.42 Å². The van der Waals surface area contributed by atoms with Gasteiger partial charge in [0.1, 0.15) is 5.76 Å². The average molecular weight is 137 g/mol. The van der Waals surface area contributed by atoms with E-state index in [1.54, 1.807) is 6.20 Å². The van der Waals surface area contributed by atoms with E-state index in [1.165, 1.54) is 0 Å². The Kier molecular flexibility index (Phi) is 1.90. The van der Waals surface area contributed by atoms with Crippen LogP contribution < -0.4 is 0 Å². The van der Waals surface area contributed by atoms with Crippen molar-refractivity contribution in [1.29, 1.82) is 0 Å². The van der Waals surface area contributed by atoms with Crippen molar-refractivity contribution in [2.75, 3.05) is 0 Å². The molecule has 0 aromatic carbocycles. The van der Waals surface area contributed by atoms with Crippen LogP contribution in [0.25, 0.3) is 0 Å². The maximum Gasteiger partial charge on any atom is 0.191 e. The second-order valence-electron chi connectivity index (χ2n) is 2.31. The summed E-state index contributed by atoms with van der Waals surface area (Å²) < 4.78 is 5.25. The highest BCUT2D eigenvalue weighted by molar-refractivity contribution is 5.06. The molecule has 1 atom stereocenters. The molecule has 0 spiro atoms. The lowest BCUT2D eigenvalue weighted by Crippen LogP contribution is -1.82. The van der Waals surface area contributed by atoms with Gasteiger partial charge in [-0.15, -0.1) is 6.58 Å². The molecule has 10 heavy (non-hydrogen) atoms. The van der Waals surface area contributed by atoms with Gasteiger partial charge in [-0.2, -0.15) is 0 Å². The van der Waals surface area contributed by atoms with Crippen LogP contribution >= 0.6 is 0 Å². The van der Waals surface area contributed by atoms with E-state index in [0.29, 0.717) is 5.89 Å². The third kappa shape index (κ3) is 1.26. The van der Waals surface area contributed by atoms with Gasteiger partial charge in [0.2, 0.25) is 0 Å². The molecule has 0 aliphatic heterocycles. The number of allylic oxidation sites excluding steroid dienone is 1. The first-order chi connectivity index (χ1) is 4.74. The number of hydrogen-bond acceptors (Lipinski definition) is 2. The molecule has 0 amide bonds. The summed E-state index contributed by atoms with van der Waals surface area (Å²) in [6.45, 7) is 7.51. The van der Waals surface area contributed by atoms with E-state index in [4.69, 9.17) is 4.42 Å². The maximum atomic E-state index is 5.25. The minimum absolute atomic E-state index is 0.265. The highest BCUT2D eigenvalue weighted by atomic mass is 16.4.